The van der Waals surface area contributed by atoms with E-state index >= 15 is 0 Å². The molecule has 0 aromatic heterocycles. The van der Waals surface area contributed by atoms with E-state index in [4.69, 9.17) is 0 Å². The van der Waals surface area contributed by atoms with Gasteiger partial charge < -0.3 is 25.7 Å². The summed E-state index contributed by atoms with van der Waals surface area (Å²) in [6.45, 7) is 5.74. The van der Waals surface area contributed by atoms with Crippen molar-refractivity contribution in [2.75, 3.05) is 19.0 Å². The van der Waals surface area contributed by atoms with Crippen molar-refractivity contribution in [1.29, 1.82) is 0 Å². The maximum atomic E-state index is 13.9. The minimum Gasteiger partial charge on any atom is -0.480 e. The monoisotopic (exact) mass is 638 g/mol. The number of benzene rings is 4. The van der Waals surface area contributed by atoms with Gasteiger partial charge in [-0.1, -0.05) is 106 Å². The summed E-state index contributed by atoms with van der Waals surface area (Å²) in [4.78, 5) is 41.7. The molecule has 4 aromatic carbocycles. The van der Waals surface area contributed by atoms with Crippen LogP contribution >= 0.6 is 0 Å². The number of aliphatic hydroxyl groups excluding tert-OH is 1. The predicted octanol–water partition coefficient (Wildman–Crippen LogP) is 4.31. The van der Waals surface area contributed by atoms with Gasteiger partial charge in [-0.25, -0.2) is 0 Å². The van der Waals surface area contributed by atoms with Gasteiger partial charge in [0.1, 0.15) is 18.2 Å². The highest BCUT2D eigenvalue weighted by Crippen LogP contribution is 2.23. The number of carbonyl (C=O) groups excluding carboxylic acids is 2. The Labute approximate surface area is 277 Å². The number of fused-ring (bicyclic) bond motifs is 1. The minimum atomic E-state index is -1.50. The Morgan fingerprint density at radius 1 is 0.787 bits per heavy atom. The maximum Gasteiger partial charge on any atom is 0.323 e. The zero-order valence-corrected chi connectivity index (χ0v) is 27.7. The molecule has 4 aromatic rings. The third-order valence-electron chi connectivity index (χ3n) is 8.29. The summed E-state index contributed by atoms with van der Waals surface area (Å²) >= 11 is 0. The molecule has 248 valence electrons. The lowest BCUT2D eigenvalue weighted by molar-refractivity contribution is -0.144. The van der Waals surface area contributed by atoms with Gasteiger partial charge in [0.15, 0.2) is 0 Å². The van der Waals surface area contributed by atoms with E-state index in [1.807, 2.05) is 137 Å². The molecule has 9 heteroatoms. The predicted molar refractivity (Wildman–Crippen MR) is 186 cm³/mol. The highest BCUT2D eigenvalue weighted by Gasteiger charge is 2.38. The molecule has 0 fully saturated rings. The van der Waals surface area contributed by atoms with Crippen LogP contribution in [0.4, 0.5) is 5.69 Å². The minimum absolute atomic E-state index is 0.0812. The fourth-order valence-electron chi connectivity index (χ4n) is 5.62. The van der Waals surface area contributed by atoms with Crippen molar-refractivity contribution in [3.63, 3.8) is 0 Å². The highest BCUT2D eigenvalue weighted by molar-refractivity contribution is 5.93. The third-order valence-corrected chi connectivity index (χ3v) is 8.29. The van der Waals surface area contributed by atoms with E-state index in [0.717, 1.165) is 33.2 Å². The lowest BCUT2D eigenvalue weighted by Gasteiger charge is -2.34. The van der Waals surface area contributed by atoms with Crippen molar-refractivity contribution < 1.29 is 24.6 Å². The number of aliphatic hydroxyl groups is 1. The molecule has 0 aliphatic carbocycles. The number of carbonyl (C=O) groups is 3. The summed E-state index contributed by atoms with van der Waals surface area (Å²) in [5.41, 5.74) is 2.82. The first kappa shape index (κ1) is 35.1. The van der Waals surface area contributed by atoms with Crippen molar-refractivity contribution in [3.8, 4) is 0 Å². The van der Waals surface area contributed by atoms with Gasteiger partial charge in [0.05, 0.1) is 12.5 Å². The van der Waals surface area contributed by atoms with Crippen LogP contribution in [0.3, 0.4) is 0 Å². The number of nitrogens with one attached hydrogen (secondary N) is 3. The zero-order chi connectivity index (χ0) is 34.1. The molecule has 47 heavy (non-hydrogen) atoms. The Balaban J connectivity index is 1.53. The number of carboxylic acid groups (broad SMARTS) is 1. The summed E-state index contributed by atoms with van der Waals surface area (Å²) < 4.78 is 0. The van der Waals surface area contributed by atoms with Crippen molar-refractivity contribution >= 4 is 34.2 Å². The van der Waals surface area contributed by atoms with Gasteiger partial charge >= 0.3 is 5.97 Å². The average Bonchev–Trinajstić information content (AvgIpc) is 3.03. The molecule has 0 aliphatic rings. The standard InChI is InChI=1S/C38H46N4O5/c1-38(2,3)35(41-32(43)23-28-16-11-15-27-14-9-10-17-30(27)28)36(45)40-31(22-25-12-7-6-8-13-25)34(44)33(37(46)47)39-24-26-18-20-29(21-19-26)42(4)5/h6-21,31,33-35,39,44H,22-24H2,1-5H3,(H,40,45)(H,41,43)(H,46,47)/t31-,33+,34+,35?/m0/s1. The SMILES string of the molecule is CN(C)c1ccc(CN[C@@H](C(=O)O)[C@H](O)[C@H](Cc2ccccc2)NC(=O)C(NC(=O)Cc2cccc3ccccc23)C(C)(C)C)cc1. The Hall–Kier alpha value is -4.73. The Kier molecular flexibility index (Phi) is 11.7. The van der Waals surface area contributed by atoms with Gasteiger partial charge in [-0.15, -0.1) is 0 Å². The molecule has 9 nitrogen and oxygen atoms in total. The molecular weight excluding hydrogens is 592 g/mol. The maximum absolute atomic E-state index is 13.9. The van der Waals surface area contributed by atoms with Crippen molar-refractivity contribution in [2.24, 2.45) is 5.41 Å². The van der Waals surface area contributed by atoms with E-state index in [1.54, 1.807) is 0 Å². The largest absolute Gasteiger partial charge is 0.480 e. The fourth-order valence-corrected chi connectivity index (χ4v) is 5.62. The molecule has 0 saturated carbocycles. The van der Waals surface area contributed by atoms with Crippen LogP contribution < -0.4 is 20.9 Å². The summed E-state index contributed by atoms with van der Waals surface area (Å²) in [6.07, 6.45) is -1.24. The zero-order valence-electron chi connectivity index (χ0n) is 27.7. The van der Waals surface area contributed by atoms with Crippen LogP contribution in [0.15, 0.2) is 97.1 Å². The average molecular weight is 639 g/mol. The van der Waals surface area contributed by atoms with E-state index in [0.29, 0.717) is 0 Å². The molecule has 0 heterocycles. The summed E-state index contributed by atoms with van der Waals surface area (Å²) in [5.74, 6) is -2.07. The molecular formula is C38H46N4O5. The number of nitrogens with zero attached hydrogens (tertiary/aromatic N) is 1. The summed E-state index contributed by atoms with van der Waals surface area (Å²) in [6, 6.07) is 27.2. The number of hydrogen-bond donors (Lipinski definition) is 5. The molecule has 0 saturated heterocycles. The van der Waals surface area contributed by atoms with Gasteiger partial charge in [0.2, 0.25) is 11.8 Å². The Morgan fingerprint density at radius 3 is 2.06 bits per heavy atom. The molecule has 0 bridgehead atoms. The quantitative estimate of drug-likeness (QED) is 0.139. The Bertz CT molecular complexity index is 1650. The number of hydrogen-bond acceptors (Lipinski definition) is 6. The van der Waals surface area contributed by atoms with Crippen LogP contribution in [0.2, 0.25) is 0 Å². The van der Waals surface area contributed by atoms with E-state index in [-0.39, 0.29) is 25.3 Å². The van der Waals surface area contributed by atoms with E-state index in [1.165, 1.54) is 0 Å². The summed E-state index contributed by atoms with van der Waals surface area (Å²) in [5, 5.41) is 32.5. The molecule has 0 aliphatic heterocycles. The van der Waals surface area contributed by atoms with Crippen molar-refractivity contribution in [2.45, 2.75) is 64.4 Å². The van der Waals surface area contributed by atoms with Gasteiger partial charge in [0, 0.05) is 26.3 Å². The second kappa shape index (κ2) is 15.7. The normalized spacial score (nSPS) is 14.1. The van der Waals surface area contributed by atoms with Crippen LogP contribution in [0.5, 0.6) is 0 Å². The number of aliphatic carboxylic acids is 1. The first-order valence-electron chi connectivity index (χ1n) is 15.8. The molecule has 5 N–H and O–H groups in total. The van der Waals surface area contributed by atoms with Crippen molar-refractivity contribution in [1.82, 2.24) is 16.0 Å². The first-order valence-corrected chi connectivity index (χ1v) is 15.8. The third kappa shape index (κ3) is 9.64. The second-order valence-corrected chi connectivity index (χ2v) is 13.2. The molecule has 4 atom stereocenters. The summed E-state index contributed by atoms with van der Waals surface area (Å²) in [7, 11) is 3.87. The van der Waals surface area contributed by atoms with Crippen LogP contribution in [0.1, 0.15) is 37.5 Å². The van der Waals surface area contributed by atoms with Crippen LogP contribution in [0, 0.1) is 5.41 Å². The van der Waals surface area contributed by atoms with E-state index < -0.39 is 41.5 Å². The van der Waals surface area contributed by atoms with Crippen LogP contribution in [-0.4, -0.2) is 66.3 Å². The van der Waals surface area contributed by atoms with Gasteiger partial charge in [0.25, 0.3) is 0 Å². The number of amides is 2. The van der Waals surface area contributed by atoms with Gasteiger partial charge in [-0.05, 0) is 51.4 Å². The van der Waals surface area contributed by atoms with E-state index in [2.05, 4.69) is 16.0 Å². The lowest BCUT2D eigenvalue weighted by atomic mass is 9.85. The second-order valence-electron chi connectivity index (χ2n) is 13.2. The molecule has 1 unspecified atom stereocenters. The van der Waals surface area contributed by atoms with Crippen molar-refractivity contribution in [3.05, 3.63) is 114 Å². The highest BCUT2D eigenvalue weighted by atomic mass is 16.4. The van der Waals surface area contributed by atoms with Gasteiger partial charge in [-0.3, -0.25) is 19.7 Å². The number of anilines is 1. The van der Waals surface area contributed by atoms with E-state index in [9.17, 15) is 24.6 Å². The molecule has 0 spiro atoms. The van der Waals surface area contributed by atoms with Crippen LogP contribution in [-0.2, 0) is 33.8 Å². The number of rotatable bonds is 14. The number of carboxylic acids is 1. The molecule has 2 amide bonds. The molecule has 0 radical (unpaired) electrons. The lowest BCUT2D eigenvalue weighted by Crippen LogP contribution is -2.61. The Morgan fingerprint density at radius 2 is 1.43 bits per heavy atom. The topological polar surface area (TPSA) is 131 Å². The fraction of sp³-hybridized carbons (Fsp3) is 0.342. The van der Waals surface area contributed by atoms with Gasteiger partial charge in [-0.2, -0.15) is 0 Å². The smallest absolute Gasteiger partial charge is 0.323 e. The first-order chi connectivity index (χ1) is 22.3. The van der Waals surface area contributed by atoms with Crippen LogP contribution in [0.25, 0.3) is 10.8 Å². The molecule has 4 rings (SSSR count).